The fourth-order valence-corrected chi connectivity index (χ4v) is 4.07. The lowest BCUT2D eigenvalue weighted by Gasteiger charge is -2.23. The Morgan fingerprint density at radius 3 is 2.32 bits per heavy atom. The summed E-state index contributed by atoms with van der Waals surface area (Å²) in [6.07, 6.45) is 0.629. The number of benzene rings is 3. The molecule has 3 aromatic carbocycles. The summed E-state index contributed by atoms with van der Waals surface area (Å²) in [5.41, 5.74) is 2.92. The Kier molecular flexibility index (Phi) is 8.33. The molecule has 0 saturated heterocycles. The van der Waals surface area contributed by atoms with Crippen LogP contribution in [0.4, 0.5) is 10.5 Å². The molecule has 0 aliphatic heterocycles. The van der Waals surface area contributed by atoms with E-state index in [0.717, 1.165) is 5.56 Å². The third-order valence-corrected chi connectivity index (χ3v) is 6.14. The fourth-order valence-electron chi connectivity index (χ4n) is 4.07. The maximum atomic E-state index is 13.2. The molecule has 1 aromatic heterocycles. The van der Waals surface area contributed by atoms with Crippen LogP contribution in [0, 0.1) is 0 Å². The SMILES string of the molecule is CN(CCO)C(=O)c1ccc2[nH]c(=O)c(CN(CCc3ccccc3)C(=O)Nc3ccccc3)cc2c1. The standard InChI is InChI=1S/C29H30N4O4/c1-32(16-17-34)28(36)22-12-13-26-23(18-22)19-24(27(35)31-26)20-33(15-14-21-8-4-2-5-9-21)29(37)30-25-10-6-3-7-11-25/h2-13,18-19,34H,14-17,20H2,1H3,(H,30,37)(H,31,35). The van der Waals surface area contributed by atoms with Crippen LogP contribution in [0.3, 0.4) is 0 Å². The monoisotopic (exact) mass is 498 g/mol. The van der Waals surface area contributed by atoms with Gasteiger partial charge in [-0.3, -0.25) is 9.59 Å². The fraction of sp³-hybridized carbons (Fsp3) is 0.207. The summed E-state index contributed by atoms with van der Waals surface area (Å²) >= 11 is 0. The molecule has 0 aliphatic carbocycles. The van der Waals surface area contributed by atoms with Crippen LogP contribution in [0.5, 0.6) is 0 Å². The molecule has 3 amide bonds. The van der Waals surface area contributed by atoms with Gasteiger partial charge in [0.25, 0.3) is 11.5 Å². The molecule has 4 rings (SSSR count). The summed E-state index contributed by atoms with van der Waals surface area (Å²) in [5, 5.41) is 12.7. The first-order chi connectivity index (χ1) is 17.9. The zero-order valence-electron chi connectivity index (χ0n) is 20.7. The van der Waals surface area contributed by atoms with E-state index in [1.165, 1.54) is 4.90 Å². The van der Waals surface area contributed by atoms with Crippen molar-refractivity contribution in [2.45, 2.75) is 13.0 Å². The third-order valence-electron chi connectivity index (χ3n) is 6.14. The Morgan fingerprint density at radius 2 is 1.62 bits per heavy atom. The van der Waals surface area contributed by atoms with Crippen molar-refractivity contribution >= 4 is 28.5 Å². The van der Waals surface area contributed by atoms with E-state index in [4.69, 9.17) is 5.11 Å². The summed E-state index contributed by atoms with van der Waals surface area (Å²) in [5.74, 6) is -0.226. The number of nitrogens with zero attached hydrogens (tertiary/aromatic N) is 2. The number of nitrogens with one attached hydrogen (secondary N) is 2. The number of aliphatic hydroxyl groups excluding tert-OH is 1. The van der Waals surface area contributed by atoms with Gasteiger partial charge in [-0.05, 0) is 53.8 Å². The molecule has 8 heteroatoms. The molecule has 0 bridgehead atoms. The highest BCUT2D eigenvalue weighted by molar-refractivity contribution is 5.98. The van der Waals surface area contributed by atoms with Gasteiger partial charge in [-0.2, -0.15) is 0 Å². The molecule has 1 heterocycles. The van der Waals surface area contributed by atoms with Crippen LogP contribution in [-0.4, -0.2) is 58.6 Å². The lowest BCUT2D eigenvalue weighted by molar-refractivity contribution is 0.0767. The molecule has 37 heavy (non-hydrogen) atoms. The molecule has 0 atom stereocenters. The Balaban J connectivity index is 1.61. The third kappa shape index (κ3) is 6.62. The average Bonchev–Trinajstić information content (AvgIpc) is 2.91. The predicted octanol–water partition coefficient (Wildman–Crippen LogP) is 3.87. The second kappa shape index (κ2) is 12.0. The number of H-pyrrole nitrogens is 1. The molecular weight excluding hydrogens is 468 g/mol. The number of pyridine rings is 1. The van der Waals surface area contributed by atoms with Gasteiger partial charge in [0, 0.05) is 42.5 Å². The van der Waals surface area contributed by atoms with Gasteiger partial charge < -0.3 is 25.2 Å². The highest BCUT2D eigenvalue weighted by Gasteiger charge is 2.18. The number of aromatic amines is 1. The number of urea groups is 1. The molecule has 190 valence electrons. The van der Waals surface area contributed by atoms with Gasteiger partial charge in [0.1, 0.15) is 0 Å². The number of aliphatic hydroxyl groups is 1. The van der Waals surface area contributed by atoms with Crippen LogP contribution in [0.2, 0.25) is 0 Å². The van der Waals surface area contributed by atoms with Gasteiger partial charge in [0.2, 0.25) is 0 Å². The molecule has 3 N–H and O–H groups in total. The lowest BCUT2D eigenvalue weighted by atomic mass is 10.1. The minimum atomic E-state index is -0.309. The molecule has 0 unspecified atom stereocenters. The number of hydrogen-bond donors (Lipinski definition) is 3. The van der Waals surface area contributed by atoms with E-state index in [-0.39, 0.29) is 37.2 Å². The van der Waals surface area contributed by atoms with Gasteiger partial charge in [-0.1, -0.05) is 48.5 Å². The largest absolute Gasteiger partial charge is 0.395 e. The second-order valence-electron chi connectivity index (χ2n) is 8.83. The van der Waals surface area contributed by atoms with E-state index in [9.17, 15) is 14.4 Å². The molecule has 0 spiro atoms. The van der Waals surface area contributed by atoms with Gasteiger partial charge in [-0.25, -0.2) is 4.79 Å². The summed E-state index contributed by atoms with van der Waals surface area (Å²) < 4.78 is 0. The Bertz CT molecular complexity index is 1420. The number of para-hydroxylation sites is 1. The minimum Gasteiger partial charge on any atom is -0.395 e. The summed E-state index contributed by atoms with van der Waals surface area (Å²) in [6, 6.07) is 25.5. The van der Waals surface area contributed by atoms with E-state index in [1.54, 1.807) is 36.2 Å². The maximum absolute atomic E-state index is 13.2. The highest BCUT2D eigenvalue weighted by atomic mass is 16.3. The predicted molar refractivity (Wildman–Crippen MR) is 145 cm³/mol. The molecule has 4 aromatic rings. The van der Waals surface area contributed by atoms with Crippen molar-refractivity contribution in [3.8, 4) is 0 Å². The van der Waals surface area contributed by atoms with Crippen molar-refractivity contribution in [1.29, 1.82) is 0 Å². The Labute approximate surface area is 215 Å². The molecule has 8 nitrogen and oxygen atoms in total. The summed E-state index contributed by atoms with van der Waals surface area (Å²) in [6.45, 7) is 0.599. The number of likely N-dealkylation sites (N-methyl/N-ethyl adjacent to an activating group) is 1. The topological polar surface area (TPSA) is 106 Å². The maximum Gasteiger partial charge on any atom is 0.322 e. The first kappa shape index (κ1) is 25.7. The van der Waals surface area contributed by atoms with Crippen molar-refractivity contribution in [3.63, 3.8) is 0 Å². The van der Waals surface area contributed by atoms with Crippen LogP contribution >= 0.6 is 0 Å². The lowest BCUT2D eigenvalue weighted by Crippen LogP contribution is -2.37. The Morgan fingerprint density at radius 1 is 0.919 bits per heavy atom. The second-order valence-corrected chi connectivity index (χ2v) is 8.83. The molecule has 0 radical (unpaired) electrons. The van der Waals surface area contributed by atoms with Crippen molar-refractivity contribution in [3.05, 3.63) is 112 Å². The summed E-state index contributed by atoms with van der Waals surface area (Å²) in [7, 11) is 1.62. The van der Waals surface area contributed by atoms with E-state index < -0.39 is 0 Å². The smallest absolute Gasteiger partial charge is 0.322 e. The first-order valence-corrected chi connectivity index (χ1v) is 12.1. The number of anilines is 1. The van der Waals surface area contributed by atoms with E-state index in [0.29, 0.717) is 40.7 Å². The number of carbonyl (C=O) groups excluding carboxylic acids is 2. The normalized spacial score (nSPS) is 10.8. The van der Waals surface area contributed by atoms with Crippen LogP contribution < -0.4 is 10.9 Å². The highest BCUT2D eigenvalue weighted by Crippen LogP contribution is 2.17. The van der Waals surface area contributed by atoms with Gasteiger partial charge in [0.05, 0.1) is 13.2 Å². The Hall–Kier alpha value is -4.43. The van der Waals surface area contributed by atoms with Crippen LogP contribution in [-0.2, 0) is 13.0 Å². The van der Waals surface area contributed by atoms with Gasteiger partial charge >= 0.3 is 6.03 Å². The van der Waals surface area contributed by atoms with Gasteiger partial charge in [-0.15, -0.1) is 0 Å². The molecule has 0 saturated carbocycles. The number of amides is 3. The average molecular weight is 499 g/mol. The van der Waals surface area contributed by atoms with Crippen LogP contribution in [0.15, 0.2) is 89.7 Å². The van der Waals surface area contributed by atoms with E-state index >= 15 is 0 Å². The number of aromatic nitrogens is 1. The van der Waals surface area contributed by atoms with E-state index in [2.05, 4.69) is 10.3 Å². The van der Waals surface area contributed by atoms with Crippen molar-refractivity contribution < 1.29 is 14.7 Å². The van der Waals surface area contributed by atoms with E-state index in [1.807, 2.05) is 60.7 Å². The number of rotatable bonds is 9. The zero-order valence-corrected chi connectivity index (χ0v) is 20.7. The quantitative estimate of drug-likeness (QED) is 0.326. The molecule has 0 aliphatic rings. The van der Waals surface area contributed by atoms with Crippen molar-refractivity contribution in [2.75, 3.05) is 32.1 Å². The van der Waals surface area contributed by atoms with Crippen LogP contribution in [0.1, 0.15) is 21.5 Å². The molecular formula is C29H30N4O4. The molecule has 0 fully saturated rings. The van der Waals surface area contributed by atoms with Gasteiger partial charge in [0.15, 0.2) is 0 Å². The number of carbonyl (C=O) groups is 2. The summed E-state index contributed by atoms with van der Waals surface area (Å²) in [4.78, 5) is 44.7. The minimum absolute atomic E-state index is 0.0966. The zero-order chi connectivity index (χ0) is 26.2. The number of fused-ring (bicyclic) bond motifs is 1. The van der Waals surface area contributed by atoms with Crippen LogP contribution in [0.25, 0.3) is 10.9 Å². The van der Waals surface area contributed by atoms with Crippen molar-refractivity contribution in [1.82, 2.24) is 14.8 Å². The van der Waals surface area contributed by atoms with Crippen molar-refractivity contribution in [2.24, 2.45) is 0 Å². The number of hydrogen-bond acceptors (Lipinski definition) is 4. The first-order valence-electron chi connectivity index (χ1n) is 12.1.